The molecule has 2 aromatic rings. The van der Waals surface area contributed by atoms with E-state index in [9.17, 15) is 4.79 Å². The van der Waals surface area contributed by atoms with E-state index in [1.165, 1.54) is 0 Å². The number of amides is 1. The molecule has 0 aromatic heterocycles. The number of hydrogen-bond acceptors (Lipinski definition) is 5. The quantitative estimate of drug-likeness (QED) is 0.874. The Balaban J connectivity index is 1.63. The minimum atomic E-state index is -0.349. The van der Waals surface area contributed by atoms with Gasteiger partial charge in [-0.15, -0.1) is 0 Å². The van der Waals surface area contributed by atoms with Gasteiger partial charge in [-0.1, -0.05) is 12.1 Å². The predicted molar refractivity (Wildman–Crippen MR) is 95.3 cm³/mol. The van der Waals surface area contributed by atoms with Crippen molar-refractivity contribution in [3.05, 3.63) is 48.5 Å². The molecular formula is C19H22N2O4. The number of anilines is 1. The van der Waals surface area contributed by atoms with Gasteiger partial charge in [0.25, 0.3) is 0 Å². The van der Waals surface area contributed by atoms with E-state index in [0.717, 1.165) is 0 Å². The van der Waals surface area contributed by atoms with Crippen molar-refractivity contribution in [3.8, 4) is 17.2 Å². The van der Waals surface area contributed by atoms with Crippen LogP contribution < -0.4 is 20.1 Å². The Labute approximate surface area is 147 Å². The van der Waals surface area contributed by atoms with Gasteiger partial charge in [0, 0.05) is 12.2 Å². The maximum Gasteiger partial charge on any atom is 0.244 e. The molecular weight excluding hydrogens is 320 g/mol. The zero-order chi connectivity index (χ0) is 17.6. The third kappa shape index (κ3) is 4.29. The highest BCUT2D eigenvalue weighted by molar-refractivity contribution is 5.95. The van der Waals surface area contributed by atoms with Gasteiger partial charge in [0.15, 0.2) is 11.5 Å². The van der Waals surface area contributed by atoms with Gasteiger partial charge in [-0.25, -0.2) is 0 Å². The van der Waals surface area contributed by atoms with Crippen molar-refractivity contribution in [2.45, 2.75) is 19.1 Å². The standard InChI is InChI=1S/C19H22N2O4/c1-13-18(20-11-12-24-13)19(22)21-14-7-9-15(10-8-14)25-17-6-4-3-5-16(17)23-2/h3-10,13,18,20H,11-12H2,1-2H3,(H,21,22)/t13-,18+/m1/s1. The van der Waals surface area contributed by atoms with Crippen LogP contribution in [-0.2, 0) is 9.53 Å². The summed E-state index contributed by atoms with van der Waals surface area (Å²) in [4.78, 5) is 12.3. The first-order valence-electron chi connectivity index (χ1n) is 8.24. The number of morpholine rings is 1. The molecule has 1 heterocycles. The van der Waals surface area contributed by atoms with Crippen LogP contribution in [-0.4, -0.2) is 38.3 Å². The van der Waals surface area contributed by atoms with Crippen LogP contribution in [0.1, 0.15) is 6.92 Å². The monoisotopic (exact) mass is 342 g/mol. The number of para-hydroxylation sites is 2. The summed E-state index contributed by atoms with van der Waals surface area (Å²) in [6, 6.07) is 14.3. The number of nitrogens with one attached hydrogen (secondary N) is 2. The van der Waals surface area contributed by atoms with Gasteiger partial charge in [-0.05, 0) is 43.3 Å². The van der Waals surface area contributed by atoms with Gasteiger partial charge >= 0.3 is 0 Å². The molecule has 0 bridgehead atoms. The summed E-state index contributed by atoms with van der Waals surface area (Å²) in [7, 11) is 1.60. The number of carbonyl (C=O) groups is 1. The van der Waals surface area contributed by atoms with Crippen molar-refractivity contribution in [1.82, 2.24) is 5.32 Å². The first-order valence-corrected chi connectivity index (χ1v) is 8.24. The molecule has 6 nitrogen and oxygen atoms in total. The molecule has 0 saturated carbocycles. The van der Waals surface area contributed by atoms with Crippen molar-refractivity contribution in [2.24, 2.45) is 0 Å². The lowest BCUT2D eigenvalue weighted by Gasteiger charge is -2.29. The average molecular weight is 342 g/mol. The molecule has 1 fully saturated rings. The van der Waals surface area contributed by atoms with Crippen LogP contribution >= 0.6 is 0 Å². The van der Waals surface area contributed by atoms with Crippen LogP contribution in [0.4, 0.5) is 5.69 Å². The molecule has 1 saturated heterocycles. The van der Waals surface area contributed by atoms with Crippen LogP contribution in [0, 0.1) is 0 Å². The van der Waals surface area contributed by atoms with Crippen molar-refractivity contribution in [3.63, 3.8) is 0 Å². The van der Waals surface area contributed by atoms with Gasteiger partial charge in [0.1, 0.15) is 11.8 Å². The topological polar surface area (TPSA) is 68.8 Å². The van der Waals surface area contributed by atoms with Crippen LogP contribution in [0.2, 0.25) is 0 Å². The minimum Gasteiger partial charge on any atom is -0.493 e. The maximum atomic E-state index is 12.3. The normalized spacial score (nSPS) is 19.9. The Kier molecular flexibility index (Phi) is 5.53. The molecule has 1 aliphatic heterocycles. The first-order chi connectivity index (χ1) is 12.2. The van der Waals surface area contributed by atoms with E-state index in [-0.39, 0.29) is 18.1 Å². The van der Waals surface area contributed by atoms with Crippen molar-refractivity contribution in [1.29, 1.82) is 0 Å². The van der Waals surface area contributed by atoms with Gasteiger partial charge in [-0.3, -0.25) is 4.79 Å². The molecule has 0 unspecified atom stereocenters. The smallest absolute Gasteiger partial charge is 0.244 e. The summed E-state index contributed by atoms with van der Waals surface area (Å²) in [5.41, 5.74) is 0.706. The molecule has 2 N–H and O–H groups in total. The number of rotatable bonds is 5. The fourth-order valence-electron chi connectivity index (χ4n) is 2.68. The highest BCUT2D eigenvalue weighted by Gasteiger charge is 2.28. The third-order valence-electron chi connectivity index (χ3n) is 4.02. The maximum absolute atomic E-state index is 12.3. The molecule has 0 radical (unpaired) electrons. The van der Waals surface area contributed by atoms with Crippen LogP contribution in [0.25, 0.3) is 0 Å². The number of hydrogen-bond donors (Lipinski definition) is 2. The second-order valence-corrected chi connectivity index (χ2v) is 5.77. The fourth-order valence-corrected chi connectivity index (χ4v) is 2.68. The first kappa shape index (κ1) is 17.3. The molecule has 3 rings (SSSR count). The minimum absolute atomic E-state index is 0.106. The van der Waals surface area contributed by atoms with Crippen molar-refractivity contribution >= 4 is 11.6 Å². The van der Waals surface area contributed by atoms with E-state index in [1.807, 2.05) is 31.2 Å². The summed E-state index contributed by atoms with van der Waals surface area (Å²) in [5.74, 6) is 1.86. The second kappa shape index (κ2) is 8.00. The van der Waals surface area contributed by atoms with E-state index in [0.29, 0.717) is 36.1 Å². The molecule has 0 aliphatic carbocycles. The summed E-state index contributed by atoms with van der Waals surface area (Å²) < 4.78 is 16.6. The highest BCUT2D eigenvalue weighted by Crippen LogP contribution is 2.31. The number of benzene rings is 2. The number of ether oxygens (including phenoxy) is 3. The molecule has 2 atom stereocenters. The molecule has 25 heavy (non-hydrogen) atoms. The van der Waals surface area contributed by atoms with E-state index in [1.54, 1.807) is 31.4 Å². The average Bonchev–Trinajstić information content (AvgIpc) is 2.64. The Morgan fingerprint density at radius 3 is 2.56 bits per heavy atom. The number of carbonyl (C=O) groups excluding carboxylic acids is 1. The van der Waals surface area contributed by atoms with E-state index < -0.39 is 0 Å². The second-order valence-electron chi connectivity index (χ2n) is 5.77. The molecule has 1 amide bonds. The third-order valence-corrected chi connectivity index (χ3v) is 4.02. The molecule has 2 aromatic carbocycles. The van der Waals surface area contributed by atoms with Gasteiger partial charge in [0.05, 0.1) is 19.8 Å². The summed E-state index contributed by atoms with van der Waals surface area (Å²) in [6.07, 6.45) is -0.151. The number of methoxy groups -OCH3 is 1. The van der Waals surface area contributed by atoms with E-state index in [4.69, 9.17) is 14.2 Å². The van der Waals surface area contributed by atoms with E-state index >= 15 is 0 Å². The molecule has 1 aliphatic rings. The van der Waals surface area contributed by atoms with Crippen molar-refractivity contribution in [2.75, 3.05) is 25.6 Å². The van der Waals surface area contributed by atoms with Crippen LogP contribution in [0.3, 0.4) is 0 Å². The Bertz CT molecular complexity index is 718. The van der Waals surface area contributed by atoms with Gasteiger partial charge < -0.3 is 24.8 Å². The lowest BCUT2D eigenvalue weighted by atomic mass is 10.1. The van der Waals surface area contributed by atoms with Gasteiger partial charge in [0.2, 0.25) is 5.91 Å². The Morgan fingerprint density at radius 1 is 1.16 bits per heavy atom. The SMILES string of the molecule is COc1ccccc1Oc1ccc(NC(=O)[C@H]2NCCO[C@@H]2C)cc1. The Hall–Kier alpha value is -2.57. The fraction of sp³-hybridized carbons (Fsp3) is 0.316. The zero-order valence-electron chi connectivity index (χ0n) is 14.3. The van der Waals surface area contributed by atoms with Crippen LogP contribution in [0.5, 0.6) is 17.2 Å². The van der Waals surface area contributed by atoms with Crippen LogP contribution in [0.15, 0.2) is 48.5 Å². The summed E-state index contributed by atoms with van der Waals surface area (Å²) in [5, 5.41) is 6.06. The Morgan fingerprint density at radius 2 is 1.88 bits per heavy atom. The van der Waals surface area contributed by atoms with E-state index in [2.05, 4.69) is 10.6 Å². The zero-order valence-corrected chi connectivity index (χ0v) is 14.3. The molecule has 0 spiro atoms. The summed E-state index contributed by atoms with van der Waals surface area (Å²) in [6.45, 7) is 3.19. The lowest BCUT2D eigenvalue weighted by molar-refractivity contribution is -0.123. The lowest BCUT2D eigenvalue weighted by Crippen LogP contribution is -2.53. The predicted octanol–water partition coefficient (Wildman–Crippen LogP) is 2.80. The molecule has 6 heteroatoms. The largest absolute Gasteiger partial charge is 0.493 e. The summed E-state index contributed by atoms with van der Waals surface area (Å²) >= 11 is 0. The van der Waals surface area contributed by atoms with Crippen molar-refractivity contribution < 1.29 is 19.0 Å². The van der Waals surface area contributed by atoms with Gasteiger partial charge in [-0.2, -0.15) is 0 Å². The highest BCUT2D eigenvalue weighted by atomic mass is 16.5. The molecule has 132 valence electrons.